The lowest BCUT2D eigenvalue weighted by atomic mass is 10.4. The molecule has 3 heteroatoms. The van der Waals surface area contributed by atoms with Gasteiger partial charge in [0.15, 0.2) is 0 Å². The largest absolute Gasteiger partial charge is 0.255 e. The van der Waals surface area contributed by atoms with Gasteiger partial charge in [0.1, 0.15) is 0 Å². The van der Waals surface area contributed by atoms with E-state index in [4.69, 9.17) is 11.9 Å². The van der Waals surface area contributed by atoms with E-state index in [2.05, 4.69) is 4.08 Å². The van der Waals surface area contributed by atoms with Crippen molar-refractivity contribution in [2.45, 2.75) is 0 Å². The predicted molar refractivity (Wildman–Crippen MR) is 41.3 cm³/mol. The Morgan fingerprint density at radius 1 is 1.22 bits per heavy atom. The van der Waals surface area contributed by atoms with Crippen molar-refractivity contribution in [3.05, 3.63) is 30.3 Å². The SMILES string of the molecule is ClOPc1ccccc1. The van der Waals surface area contributed by atoms with Gasteiger partial charge >= 0.3 is 0 Å². The first-order valence-electron chi connectivity index (χ1n) is 2.52. The zero-order valence-electron chi connectivity index (χ0n) is 4.67. The summed E-state index contributed by atoms with van der Waals surface area (Å²) in [6.45, 7) is 0. The van der Waals surface area contributed by atoms with Gasteiger partial charge in [-0.15, -0.1) is 0 Å². The lowest BCUT2D eigenvalue weighted by Crippen LogP contribution is -1.88. The van der Waals surface area contributed by atoms with Crippen LogP contribution in [0, 0.1) is 0 Å². The summed E-state index contributed by atoms with van der Waals surface area (Å²) in [5.41, 5.74) is 0. The highest BCUT2D eigenvalue weighted by Crippen LogP contribution is 2.12. The zero-order valence-corrected chi connectivity index (χ0v) is 6.43. The molecule has 0 N–H and O–H groups in total. The molecular formula is C6H6ClOP. The Morgan fingerprint density at radius 3 is 2.44 bits per heavy atom. The highest BCUT2D eigenvalue weighted by atomic mass is 35.5. The second-order valence-corrected chi connectivity index (χ2v) is 2.94. The molecule has 48 valence electrons. The van der Waals surface area contributed by atoms with Crippen LogP contribution in [0.1, 0.15) is 0 Å². The summed E-state index contributed by atoms with van der Waals surface area (Å²) in [6, 6.07) is 9.82. The molecule has 0 bridgehead atoms. The minimum atomic E-state index is 0.253. The van der Waals surface area contributed by atoms with Crippen LogP contribution in [0.15, 0.2) is 30.3 Å². The molecule has 0 aliphatic rings. The van der Waals surface area contributed by atoms with Crippen LogP contribution >= 0.6 is 20.7 Å². The highest BCUT2D eigenvalue weighted by molar-refractivity contribution is 7.42. The molecule has 1 aromatic rings. The van der Waals surface area contributed by atoms with E-state index in [0.29, 0.717) is 0 Å². The van der Waals surface area contributed by atoms with Crippen molar-refractivity contribution in [2.24, 2.45) is 0 Å². The first-order valence-corrected chi connectivity index (χ1v) is 3.74. The van der Waals surface area contributed by atoms with Crippen molar-refractivity contribution in [1.29, 1.82) is 0 Å². The quantitative estimate of drug-likeness (QED) is 0.602. The third-order valence-electron chi connectivity index (χ3n) is 0.930. The van der Waals surface area contributed by atoms with Gasteiger partial charge in [0.25, 0.3) is 0 Å². The molecule has 1 atom stereocenters. The van der Waals surface area contributed by atoms with Crippen molar-refractivity contribution in [2.75, 3.05) is 0 Å². The summed E-state index contributed by atoms with van der Waals surface area (Å²) in [6.07, 6.45) is 0. The van der Waals surface area contributed by atoms with Gasteiger partial charge in [-0.2, -0.15) is 0 Å². The van der Waals surface area contributed by atoms with E-state index in [-0.39, 0.29) is 8.81 Å². The van der Waals surface area contributed by atoms with Crippen LogP contribution in [0.4, 0.5) is 0 Å². The van der Waals surface area contributed by atoms with Crippen LogP contribution in [0.3, 0.4) is 0 Å². The third-order valence-corrected chi connectivity index (χ3v) is 1.81. The fourth-order valence-electron chi connectivity index (χ4n) is 0.551. The van der Waals surface area contributed by atoms with Gasteiger partial charge < -0.3 is 0 Å². The number of benzene rings is 1. The number of hydrogen-bond donors (Lipinski definition) is 0. The van der Waals surface area contributed by atoms with E-state index in [9.17, 15) is 0 Å². The standard InChI is InChI=1S/C6H6ClOP/c7-8-9-6-4-2-1-3-5-6/h1-5,9H. The van der Waals surface area contributed by atoms with Crippen LogP contribution in [0.5, 0.6) is 0 Å². The van der Waals surface area contributed by atoms with Gasteiger partial charge in [-0.1, -0.05) is 30.3 Å². The van der Waals surface area contributed by atoms with Crippen molar-refractivity contribution in [3.63, 3.8) is 0 Å². The summed E-state index contributed by atoms with van der Waals surface area (Å²) < 4.78 is 4.43. The highest BCUT2D eigenvalue weighted by Gasteiger charge is 1.86. The molecule has 0 aliphatic carbocycles. The maximum absolute atomic E-state index is 5.05. The zero-order chi connectivity index (χ0) is 6.53. The molecule has 1 unspecified atom stereocenters. The van der Waals surface area contributed by atoms with Crippen LogP contribution in [-0.2, 0) is 4.08 Å². The molecule has 0 radical (unpaired) electrons. The lowest BCUT2D eigenvalue weighted by Gasteiger charge is -1.92. The number of hydrogen-bond acceptors (Lipinski definition) is 1. The van der Waals surface area contributed by atoms with E-state index in [1.807, 2.05) is 30.3 Å². The molecule has 0 fully saturated rings. The number of halogens is 1. The topological polar surface area (TPSA) is 9.23 Å². The van der Waals surface area contributed by atoms with Gasteiger partial charge in [-0.25, -0.2) is 0 Å². The monoisotopic (exact) mass is 160 g/mol. The Morgan fingerprint density at radius 2 is 1.89 bits per heavy atom. The molecule has 1 rings (SSSR count). The smallest absolute Gasteiger partial charge is 0.0713 e. The van der Waals surface area contributed by atoms with Gasteiger partial charge in [0.05, 0.1) is 20.7 Å². The first kappa shape index (κ1) is 7.01. The second-order valence-electron chi connectivity index (χ2n) is 1.55. The van der Waals surface area contributed by atoms with Gasteiger partial charge in [0.2, 0.25) is 0 Å². The average molecular weight is 161 g/mol. The Hall–Kier alpha value is -0.100. The van der Waals surface area contributed by atoms with Crippen LogP contribution < -0.4 is 5.30 Å². The third kappa shape index (κ3) is 2.31. The second kappa shape index (κ2) is 3.84. The van der Waals surface area contributed by atoms with Gasteiger partial charge in [-0.3, -0.25) is 4.08 Å². The lowest BCUT2D eigenvalue weighted by molar-refractivity contribution is 0.719. The molecule has 0 saturated carbocycles. The minimum Gasteiger partial charge on any atom is -0.255 e. The molecule has 0 aromatic heterocycles. The van der Waals surface area contributed by atoms with Crippen molar-refractivity contribution in [3.8, 4) is 0 Å². The van der Waals surface area contributed by atoms with E-state index in [0.717, 1.165) is 5.30 Å². The van der Waals surface area contributed by atoms with Crippen LogP contribution in [0.25, 0.3) is 0 Å². The summed E-state index contributed by atoms with van der Waals surface area (Å²) in [4.78, 5) is 0. The molecule has 0 spiro atoms. The molecule has 1 nitrogen and oxygen atoms in total. The first-order chi connectivity index (χ1) is 4.43. The Labute approximate surface area is 61.0 Å². The van der Waals surface area contributed by atoms with Crippen LogP contribution in [-0.4, -0.2) is 0 Å². The van der Waals surface area contributed by atoms with E-state index >= 15 is 0 Å². The summed E-state index contributed by atoms with van der Waals surface area (Å²) >= 11 is 5.05. The normalized spacial score (nSPS) is 10.8. The summed E-state index contributed by atoms with van der Waals surface area (Å²) in [7, 11) is 0.253. The van der Waals surface area contributed by atoms with E-state index < -0.39 is 0 Å². The molecule has 0 aliphatic heterocycles. The van der Waals surface area contributed by atoms with Crippen molar-refractivity contribution in [1.82, 2.24) is 0 Å². The molecule has 9 heavy (non-hydrogen) atoms. The van der Waals surface area contributed by atoms with E-state index in [1.165, 1.54) is 0 Å². The minimum absolute atomic E-state index is 0.253. The number of rotatable bonds is 2. The Bertz CT molecular complexity index is 166. The molecular weight excluding hydrogens is 154 g/mol. The molecule has 1 aromatic carbocycles. The van der Waals surface area contributed by atoms with Gasteiger partial charge in [0, 0.05) is 5.30 Å². The molecule has 0 saturated heterocycles. The van der Waals surface area contributed by atoms with Crippen LogP contribution in [0.2, 0.25) is 0 Å². The maximum atomic E-state index is 5.05. The Kier molecular flexibility index (Phi) is 2.99. The summed E-state index contributed by atoms with van der Waals surface area (Å²) in [5, 5.41) is 1.12. The fourth-order valence-corrected chi connectivity index (χ4v) is 1.24. The fraction of sp³-hybridized carbons (Fsp3) is 0. The van der Waals surface area contributed by atoms with E-state index in [1.54, 1.807) is 0 Å². The van der Waals surface area contributed by atoms with Crippen molar-refractivity contribution >= 4 is 26.0 Å². The molecule has 0 amide bonds. The maximum Gasteiger partial charge on any atom is 0.0713 e. The molecule has 0 heterocycles. The van der Waals surface area contributed by atoms with Crippen molar-refractivity contribution < 1.29 is 4.08 Å². The average Bonchev–Trinajstić information content (AvgIpc) is 1.91. The summed E-state index contributed by atoms with van der Waals surface area (Å²) in [5.74, 6) is 0. The van der Waals surface area contributed by atoms with Gasteiger partial charge in [-0.05, 0) is 0 Å². The predicted octanol–water partition coefficient (Wildman–Crippen LogP) is 2.08. The Balaban J connectivity index is 2.61.